The molecule has 0 saturated heterocycles. The number of anilines is 1. The third-order valence-corrected chi connectivity index (χ3v) is 3.39. The third kappa shape index (κ3) is 3.24. The van der Waals surface area contributed by atoms with Crippen molar-refractivity contribution in [2.45, 2.75) is 26.1 Å². The van der Waals surface area contributed by atoms with Gasteiger partial charge in [-0.05, 0) is 19.9 Å². The van der Waals surface area contributed by atoms with E-state index in [9.17, 15) is 22.8 Å². The number of alkyl halides is 3. The van der Waals surface area contributed by atoms with Gasteiger partial charge in [-0.2, -0.15) is 23.4 Å². The van der Waals surface area contributed by atoms with E-state index in [-0.39, 0.29) is 17.1 Å². The molecule has 2 heterocycles. The molecule has 1 atom stereocenters. The van der Waals surface area contributed by atoms with Crippen LogP contribution in [0.25, 0.3) is 0 Å². The van der Waals surface area contributed by atoms with Crippen LogP contribution >= 0.6 is 0 Å². The van der Waals surface area contributed by atoms with Gasteiger partial charge in [-0.3, -0.25) is 19.0 Å². The first-order valence-corrected chi connectivity index (χ1v) is 6.78. The van der Waals surface area contributed by atoms with Gasteiger partial charge < -0.3 is 11.1 Å². The summed E-state index contributed by atoms with van der Waals surface area (Å²) in [6.45, 7) is 2.79. The normalized spacial score (nSPS) is 12.9. The first kappa shape index (κ1) is 17.5. The molecule has 130 valence electrons. The van der Waals surface area contributed by atoms with Gasteiger partial charge in [0.05, 0.1) is 11.9 Å². The number of halogens is 3. The molecule has 2 aromatic rings. The lowest BCUT2D eigenvalue weighted by atomic mass is 10.2. The molecule has 0 aliphatic rings. The Bertz CT molecular complexity index is 792. The lowest BCUT2D eigenvalue weighted by Gasteiger charge is -2.14. The lowest BCUT2D eigenvalue weighted by molar-refractivity contribution is -0.141. The zero-order valence-corrected chi connectivity index (χ0v) is 13.0. The molecule has 0 aromatic carbocycles. The minimum absolute atomic E-state index is 0.0243. The molecular weight excluding hydrogens is 329 g/mol. The fourth-order valence-electron chi connectivity index (χ4n) is 2.19. The van der Waals surface area contributed by atoms with Gasteiger partial charge >= 0.3 is 6.18 Å². The molecule has 3 N–H and O–H groups in total. The highest BCUT2D eigenvalue weighted by Gasteiger charge is 2.35. The van der Waals surface area contributed by atoms with Crippen molar-refractivity contribution in [2.75, 3.05) is 5.32 Å². The van der Waals surface area contributed by atoms with E-state index in [1.807, 2.05) is 0 Å². The molecule has 0 saturated carbocycles. The molecule has 2 rings (SSSR count). The van der Waals surface area contributed by atoms with Crippen molar-refractivity contribution in [3.05, 3.63) is 29.3 Å². The van der Waals surface area contributed by atoms with E-state index in [4.69, 9.17) is 5.73 Å². The second-order valence-electron chi connectivity index (χ2n) is 5.17. The predicted molar refractivity (Wildman–Crippen MR) is 77.0 cm³/mol. The van der Waals surface area contributed by atoms with E-state index in [0.717, 1.165) is 10.7 Å². The summed E-state index contributed by atoms with van der Waals surface area (Å²) in [5.41, 5.74) is 4.34. The number of nitrogens with zero attached hydrogens (tertiary/aromatic N) is 4. The van der Waals surface area contributed by atoms with Gasteiger partial charge in [0.2, 0.25) is 5.91 Å². The van der Waals surface area contributed by atoms with Crippen molar-refractivity contribution in [1.29, 1.82) is 0 Å². The molecule has 0 aliphatic carbocycles. The minimum atomic E-state index is -4.60. The van der Waals surface area contributed by atoms with Crippen molar-refractivity contribution in [3.8, 4) is 0 Å². The van der Waals surface area contributed by atoms with Gasteiger partial charge in [-0.25, -0.2) is 0 Å². The van der Waals surface area contributed by atoms with Gasteiger partial charge in [-0.15, -0.1) is 0 Å². The van der Waals surface area contributed by atoms with Crippen LogP contribution in [0.15, 0.2) is 12.3 Å². The monoisotopic (exact) mass is 344 g/mol. The van der Waals surface area contributed by atoms with E-state index >= 15 is 0 Å². The molecule has 2 aromatic heterocycles. The van der Waals surface area contributed by atoms with E-state index in [1.54, 1.807) is 0 Å². The van der Waals surface area contributed by atoms with Crippen molar-refractivity contribution < 1.29 is 22.8 Å². The summed E-state index contributed by atoms with van der Waals surface area (Å²) in [7, 11) is 1.46. The van der Waals surface area contributed by atoms with Crippen LogP contribution in [-0.4, -0.2) is 31.4 Å². The molecule has 0 radical (unpaired) electrons. The molecular formula is C13H15F3N6O2. The maximum Gasteiger partial charge on any atom is 0.435 e. The number of rotatable bonds is 4. The van der Waals surface area contributed by atoms with Crippen LogP contribution in [0.4, 0.5) is 18.9 Å². The number of amides is 2. The largest absolute Gasteiger partial charge is 0.435 e. The second-order valence-corrected chi connectivity index (χ2v) is 5.17. The molecule has 0 unspecified atom stereocenters. The summed E-state index contributed by atoms with van der Waals surface area (Å²) in [6.07, 6.45) is -3.38. The second kappa shape index (κ2) is 5.98. The van der Waals surface area contributed by atoms with Gasteiger partial charge in [-0.1, -0.05) is 0 Å². The maximum absolute atomic E-state index is 12.7. The Morgan fingerprint density at radius 2 is 2.00 bits per heavy atom. The number of nitrogens with two attached hydrogens (primary N) is 1. The first-order chi connectivity index (χ1) is 11.0. The number of hydrogen-bond acceptors (Lipinski definition) is 4. The molecule has 0 aliphatic heterocycles. The van der Waals surface area contributed by atoms with E-state index < -0.39 is 29.7 Å². The number of carbonyl (C=O) groups is 2. The van der Waals surface area contributed by atoms with Gasteiger partial charge in [0, 0.05) is 12.7 Å². The average molecular weight is 344 g/mol. The molecule has 8 nitrogen and oxygen atoms in total. The zero-order valence-electron chi connectivity index (χ0n) is 13.0. The smallest absolute Gasteiger partial charge is 0.364 e. The Labute approximate surface area is 134 Å². The molecule has 0 spiro atoms. The highest BCUT2D eigenvalue weighted by molar-refractivity contribution is 6.02. The molecule has 0 bridgehead atoms. The number of hydrogen-bond donors (Lipinski definition) is 2. The Kier molecular flexibility index (Phi) is 4.36. The number of aryl methyl sites for hydroxylation is 2. The van der Waals surface area contributed by atoms with Crippen LogP contribution in [0.5, 0.6) is 0 Å². The fourth-order valence-corrected chi connectivity index (χ4v) is 2.19. The maximum atomic E-state index is 12.7. The van der Waals surface area contributed by atoms with Crippen LogP contribution in [-0.2, 0) is 18.0 Å². The van der Waals surface area contributed by atoms with Crippen LogP contribution in [0.1, 0.15) is 34.8 Å². The highest BCUT2D eigenvalue weighted by Crippen LogP contribution is 2.29. The van der Waals surface area contributed by atoms with E-state index in [2.05, 4.69) is 15.5 Å². The first-order valence-electron chi connectivity index (χ1n) is 6.78. The number of primary amides is 1. The summed E-state index contributed by atoms with van der Waals surface area (Å²) in [6, 6.07) is -0.190. The van der Waals surface area contributed by atoms with Crippen molar-refractivity contribution >= 4 is 17.5 Å². The average Bonchev–Trinajstić information content (AvgIpc) is 3.01. The van der Waals surface area contributed by atoms with Crippen LogP contribution in [0, 0.1) is 6.92 Å². The molecule has 24 heavy (non-hydrogen) atoms. The summed E-state index contributed by atoms with van der Waals surface area (Å²) < 4.78 is 40.2. The standard InChI is InChI=1S/C13H15F3N6O2/c1-6-4-9(13(14,15)16)20-22(6)7(2)12(24)19-8-5-18-21(3)10(8)11(17)23/h4-5,7H,1-3H3,(H2,17,23)(H,19,24)/t7-/m0/s1. The number of carbonyl (C=O) groups excluding carboxylic acids is 2. The van der Waals surface area contributed by atoms with Crippen molar-refractivity contribution in [2.24, 2.45) is 12.8 Å². The zero-order chi connectivity index (χ0) is 18.2. The number of aromatic nitrogens is 4. The Balaban J connectivity index is 2.25. The minimum Gasteiger partial charge on any atom is -0.364 e. The fraction of sp³-hybridized carbons (Fsp3) is 0.385. The van der Waals surface area contributed by atoms with E-state index in [1.165, 1.54) is 31.8 Å². The van der Waals surface area contributed by atoms with Gasteiger partial charge in [0.15, 0.2) is 5.69 Å². The van der Waals surface area contributed by atoms with Crippen molar-refractivity contribution in [3.63, 3.8) is 0 Å². The number of nitrogens with one attached hydrogen (secondary N) is 1. The third-order valence-electron chi connectivity index (χ3n) is 3.39. The summed E-state index contributed by atoms with van der Waals surface area (Å²) in [4.78, 5) is 23.6. The highest BCUT2D eigenvalue weighted by atomic mass is 19.4. The Morgan fingerprint density at radius 1 is 1.38 bits per heavy atom. The Hall–Kier alpha value is -2.85. The summed E-state index contributed by atoms with van der Waals surface area (Å²) in [5, 5.41) is 9.65. The van der Waals surface area contributed by atoms with Crippen LogP contribution in [0.2, 0.25) is 0 Å². The van der Waals surface area contributed by atoms with Gasteiger partial charge in [0.1, 0.15) is 11.7 Å². The molecule has 0 fully saturated rings. The molecule has 11 heteroatoms. The Morgan fingerprint density at radius 3 is 2.50 bits per heavy atom. The van der Waals surface area contributed by atoms with Gasteiger partial charge in [0.25, 0.3) is 5.91 Å². The quantitative estimate of drug-likeness (QED) is 0.870. The van der Waals surface area contributed by atoms with E-state index in [0.29, 0.717) is 0 Å². The predicted octanol–water partition coefficient (Wildman–Crippen LogP) is 1.24. The molecule has 2 amide bonds. The summed E-state index contributed by atoms with van der Waals surface area (Å²) >= 11 is 0. The van der Waals surface area contributed by atoms with Crippen molar-refractivity contribution in [1.82, 2.24) is 19.6 Å². The lowest BCUT2D eigenvalue weighted by Crippen LogP contribution is -2.27. The summed E-state index contributed by atoms with van der Waals surface area (Å²) in [5.74, 6) is -1.46. The van der Waals surface area contributed by atoms with Crippen LogP contribution in [0.3, 0.4) is 0 Å². The topological polar surface area (TPSA) is 108 Å². The SMILES string of the molecule is Cc1cc(C(F)(F)F)nn1[C@@H](C)C(=O)Nc1cnn(C)c1C(N)=O. The van der Waals surface area contributed by atoms with Crippen LogP contribution < -0.4 is 11.1 Å².